The fourth-order valence-corrected chi connectivity index (χ4v) is 1.64. The van der Waals surface area contributed by atoms with Gasteiger partial charge in [0.05, 0.1) is 11.4 Å². The molecule has 2 N–H and O–H groups in total. The molecule has 1 unspecified atom stereocenters. The third-order valence-electron chi connectivity index (χ3n) is 3.15. The van der Waals surface area contributed by atoms with Gasteiger partial charge in [-0.3, -0.25) is 9.88 Å². The molecule has 0 saturated carbocycles. The maximum Gasteiger partial charge on any atom is 0.0547 e. The van der Waals surface area contributed by atoms with E-state index in [1.807, 2.05) is 12.1 Å². The normalized spacial score (nSPS) is 13.4. The van der Waals surface area contributed by atoms with Crippen LogP contribution in [0.25, 0.3) is 0 Å². The molecule has 0 saturated heterocycles. The average Bonchev–Trinajstić information content (AvgIpc) is 2.28. The Kier molecular flexibility index (Phi) is 4.90. The second-order valence-electron chi connectivity index (χ2n) is 4.72. The maximum atomic E-state index is 5.58. The number of nitrogens with zero attached hydrogens (tertiary/aromatic N) is 2. The van der Waals surface area contributed by atoms with Crippen molar-refractivity contribution in [3.63, 3.8) is 0 Å². The Morgan fingerprint density at radius 2 is 1.88 bits per heavy atom. The fourth-order valence-electron chi connectivity index (χ4n) is 1.64. The summed E-state index contributed by atoms with van der Waals surface area (Å²) in [5.41, 5.74) is 7.64. The molecule has 0 radical (unpaired) electrons. The second-order valence-corrected chi connectivity index (χ2v) is 4.72. The van der Waals surface area contributed by atoms with Gasteiger partial charge in [0, 0.05) is 19.1 Å². The highest BCUT2D eigenvalue weighted by Gasteiger charge is 2.13. The summed E-state index contributed by atoms with van der Waals surface area (Å²) in [7, 11) is 2.14. The summed E-state index contributed by atoms with van der Waals surface area (Å²) in [5.74, 6) is 0.655. The van der Waals surface area contributed by atoms with E-state index >= 15 is 0 Å². The minimum atomic E-state index is 0.511. The van der Waals surface area contributed by atoms with Crippen LogP contribution in [0.1, 0.15) is 32.2 Å². The largest absolute Gasteiger partial charge is 0.325 e. The Labute approximate surface area is 98.7 Å². The van der Waals surface area contributed by atoms with E-state index in [2.05, 4.69) is 43.8 Å². The number of pyridine rings is 1. The average molecular weight is 221 g/mol. The molecule has 90 valence electrons. The molecule has 16 heavy (non-hydrogen) atoms. The van der Waals surface area contributed by atoms with Crippen LogP contribution in [0, 0.1) is 5.92 Å². The monoisotopic (exact) mass is 221 g/mol. The zero-order chi connectivity index (χ0) is 12.1. The molecule has 0 fully saturated rings. The molecular weight excluding hydrogens is 198 g/mol. The van der Waals surface area contributed by atoms with Gasteiger partial charge < -0.3 is 5.73 Å². The fraction of sp³-hybridized carbons (Fsp3) is 0.615. The van der Waals surface area contributed by atoms with Gasteiger partial charge in [-0.1, -0.05) is 19.9 Å². The van der Waals surface area contributed by atoms with Crippen LogP contribution >= 0.6 is 0 Å². The van der Waals surface area contributed by atoms with E-state index in [1.165, 1.54) is 0 Å². The lowest BCUT2D eigenvalue weighted by Gasteiger charge is -2.27. The van der Waals surface area contributed by atoms with E-state index in [1.54, 1.807) is 0 Å². The molecule has 0 amide bonds. The molecule has 1 aromatic heterocycles. The molecule has 0 aliphatic heterocycles. The third kappa shape index (κ3) is 3.58. The number of hydrogen-bond donors (Lipinski definition) is 1. The van der Waals surface area contributed by atoms with E-state index in [9.17, 15) is 0 Å². The first-order valence-electron chi connectivity index (χ1n) is 5.89. The van der Waals surface area contributed by atoms with Crippen molar-refractivity contribution >= 4 is 0 Å². The van der Waals surface area contributed by atoms with Crippen LogP contribution in [0.3, 0.4) is 0 Å². The Morgan fingerprint density at radius 3 is 2.44 bits per heavy atom. The minimum absolute atomic E-state index is 0.511. The quantitative estimate of drug-likeness (QED) is 0.827. The first kappa shape index (κ1) is 13.1. The predicted molar refractivity (Wildman–Crippen MR) is 67.9 cm³/mol. The molecule has 1 aromatic rings. The van der Waals surface area contributed by atoms with Crippen LogP contribution in [-0.2, 0) is 13.1 Å². The van der Waals surface area contributed by atoms with Crippen LogP contribution in [0.2, 0.25) is 0 Å². The van der Waals surface area contributed by atoms with Gasteiger partial charge >= 0.3 is 0 Å². The van der Waals surface area contributed by atoms with Crippen LogP contribution in [0.5, 0.6) is 0 Å². The molecule has 0 aromatic carbocycles. The van der Waals surface area contributed by atoms with E-state index in [0.717, 1.165) is 17.9 Å². The zero-order valence-electron chi connectivity index (χ0n) is 10.8. The summed E-state index contributed by atoms with van der Waals surface area (Å²) in [5, 5.41) is 0. The first-order valence-corrected chi connectivity index (χ1v) is 5.89. The van der Waals surface area contributed by atoms with E-state index in [-0.39, 0.29) is 0 Å². The molecule has 0 bridgehead atoms. The second kappa shape index (κ2) is 5.97. The lowest BCUT2D eigenvalue weighted by Crippen LogP contribution is -2.33. The third-order valence-corrected chi connectivity index (χ3v) is 3.15. The van der Waals surface area contributed by atoms with Crippen LogP contribution < -0.4 is 5.73 Å². The maximum absolute atomic E-state index is 5.58. The standard InChI is InChI=1S/C13H23N3/c1-10(2)11(3)16(4)9-13-7-5-6-12(8-14)15-13/h5-7,10-11H,8-9,14H2,1-4H3. The highest BCUT2D eigenvalue weighted by Crippen LogP contribution is 2.11. The summed E-state index contributed by atoms with van der Waals surface area (Å²) in [4.78, 5) is 6.83. The molecule has 3 heteroatoms. The molecule has 1 rings (SSSR count). The molecule has 0 aliphatic rings. The van der Waals surface area contributed by atoms with Crippen molar-refractivity contribution in [2.75, 3.05) is 7.05 Å². The Hall–Kier alpha value is -0.930. The number of rotatable bonds is 5. The smallest absolute Gasteiger partial charge is 0.0547 e. The number of nitrogens with two attached hydrogens (primary N) is 1. The van der Waals surface area contributed by atoms with Gasteiger partial charge in [-0.05, 0) is 32.0 Å². The molecule has 0 spiro atoms. The topological polar surface area (TPSA) is 42.1 Å². The van der Waals surface area contributed by atoms with Crippen molar-refractivity contribution in [1.82, 2.24) is 9.88 Å². The van der Waals surface area contributed by atoms with Gasteiger partial charge in [-0.15, -0.1) is 0 Å². The lowest BCUT2D eigenvalue weighted by atomic mass is 10.1. The summed E-state index contributed by atoms with van der Waals surface area (Å²) < 4.78 is 0. The minimum Gasteiger partial charge on any atom is -0.325 e. The Balaban J connectivity index is 2.65. The SMILES string of the molecule is CC(C)C(C)N(C)Cc1cccc(CN)n1. The highest BCUT2D eigenvalue weighted by molar-refractivity contribution is 5.11. The van der Waals surface area contributed by atoms with Gasteiger partial charge in [0.1, 0.15) is 0 Å². The van der Waals surface area contributed by atoms with Crippen molar-refractivity contribution in [1.29, 1.82) is 0 Å². The number of aromatic nitrogens is 1. The van der Waals surface area contributed by atoms with Crippen molar-refractivity contribution in [3.8, 4) is 0 Å². The van der Waals surface area contributed by atoms with Crippen molar-refractivity contribution in [3.05, 3.63) is 29.6 Å². The van der Waals surface area contributed by atoms with Gasteiger partial charge in [0.2, 0.25) is 0 Å². The molecule has 1 heterocycles. The van der Waals surface area contributed by atoms with Crippen molar-refractivity contribution < 1.29 is 0 Å². The van der Waals surface area contributed by atoms with Crippen molar-refractivity contribution in [2.24, 2.45) is 11.7 Å². The molecular formula is C13H23N3. The summed E-state index contributed by atoms with van der Waals surface area (Å²) >= 11 is 0. The Morgan fingerprint density at radius 1 is 1.25 bits per heavy atom. The van der Waals surface area contributed by atoms with E-state index in [4.69, 9.17) is 5.73 Å². The number of hydrogen-bond acceptors (Lipinski definition) is 3. The molecule has 0 aliphatic carbocycles. The highest BCUT2D eigenvalue weighted by atomic mass is 15.1. The zero-order valence-corrected chi connectivity index (χ0v) is 10.8. The Bertz CT molecular complexity index is 323. The van der Waals surface area contributed by atoms with Gasteiger partial charge in [0.25, 0.3) is 0 Å². The molecule has 1 atom stereocenters. The summed E-state index contributed by atoms with van der Waals surface area (Å²) in [6.07, 6.45) is 0. The van der Waals surface area contributed by atoms with Crippen LogP contribution in [0.15, 0.2) is 18.2 Å². The van der Waals surface area contributed by atoms with E-state index in [0.29, 0.717) is 18.5 Å². The lowest BCUT2D eigenvalue weighted by molar-refractivity contribution is 0.198. The summed E-state index contributed by atoms with van der Waals surface area (Å²) in [6, 6.07) is 6.61. The van der Waals surface area contributed by atoms with Crippen molar-refractivity contribution in [2.45, 2.75) is 39.9 Å². The van der Waals surface area contributed by atoms with Gasteiger partial charge in [-0.25, -0.2) is 0 Å². The van der Waals surface area contributed by atoms with Crippen LogP contribution in [0.4, 0.5) is 0 Å². The van der Waals surface area contributed by atoms with E-state index < -0.39 is 0 Å². The van der Waals surface area contributed by atoms with Gasteiger partial charge in [0.15, 0.2) is 0 Å². The van der Waals surface area contributed by atoms with Crippen LogP contribution in [-0.4, -0.2) is 23.0 Å². The molecule has 3 nitrogen and oxygen atoms in total. The summed E-state index contributed by atoms with van der Waals surface area (Å²) in [6.45, 7) is 8.12. The van der Waals surface area contributed by atoms with Gasteiger partial charge in [-0.2, -0.15) is 0 Å². The first-order chi connectivity index (χ1) is 7.54. The predicted octanol–water partition coefficient (Wildman–Crippen LogP) is 2.02.